The van der Waals surface area contributed by atoms with E-state index < -0.39 is 10.0 Å². The zero-order valence-corrected chi connectivity index (χ0v) is 12.8. The third-order valence-corrected chi connectivity index (χ3v) is 5.70. The van der Waals surface area contributed by atoms with Gasteiger partial charge in [0.1, 0.15) is 5.78 Å². The Balaban J connectivity index is 2.02. The normalized spacial score (nSPS) is 17.3. The van der Waals surface area contributed by atoms with E-state index in [0.29, 0.717) is 37.1 Å². The standard InChI is InChI=1S/C15H18N2O3S/c1-12(18)15-6-8-17(9-7-15)21(19,20)11-14-4-2-13(10-16)3-5-14/h2-5,15H,6-9,11H2,1H3. The van der Waals surface area contributed by atoms with E-state index in [0.717, 1.165) is 0 Å². The fourth-order valence-electron chi connectivity index (χ4n) is 2.52. The van der Waals surface area contributed by atoms with E-state index in [1.165, 1.54) is 4.31 Å². The second-order valence-electron chi connectivity index (χ2n) is 5.35. The molecule has 1 aromatic rings. The van der Waals surface area contributed by atoms with Crippen LogP contribution in [0.1, 0.15) is 30.9 Å². The van der Waals surface area contributed by atoms with Crippen molar-refractivity contribution in [3.63, 3.8) is 0 Å². The number of Topliss-reactive ketones (excluding diaryl/α,β-unsaturated/α-hetero) is 1. The summed E-state index contributed by atoms with van der Waals surface area (Å²) in [5.41, 5.74) is 1.18. The first-order valence-electron chi connectivity index (χ1n) is 6.89. The number of sulfonamides is 1. The Morgan fingerprint density at radius 1 is 1.29 bits per heavy atom. The molecule has 0 amide bonds. The number of ketones is 1. The predicted octanol–water partition coefficient (Wildman–Crippen LogP) is 1.69. The molecule has 21 heavy (non-hydrogen) atoms. The number of nitriles is 1. The van der Waals surface area contributed by atoms with Gasteiger partial charge >= 0.3 is 0 Å². The van der Waals surface area contributed by atoms with Crippen LogP contribution in [0.5, 0.6) is 0 Å². The number of carbonyl (C=O) groups excluding carboxylic acids is 1. The van der Waals surface area contributed by atoms with Crippen LogP contribution in [-0.4, -0.2) is 31.6 Å². The maximum absolute atomic E-state index is 12.4. The van der Waals surface area contributed by atoms with Crippen LogP contribution in [0.2, 0.25) is 0 Å². The van der Waals surface area contributed by atoms with Crippen molar-refractivity contribution in [2.24, 2.45) is 5.92 Å². The maximum atomic E-state index is 12.4. The summed E-state index contributed by atoms with van der Waals surface area (Å²) in [6.07, 6.45) is 1.20. The minimum atomic E-state index is -3.37. The number of hydrogen-bond donors (Lipinski definition) is 0. The van der Waals surface area contributed by atoms with Gasteiger partial charge in [-0.2, -0.15) is 5.26 Å². The zero-order chi connectivity index (χ0) is 15.5. The largest absolute Gasteiger partial charge is 0.300 e. The molecule has 0 radical (unpaired) electrons. The smallest absolute Gasteiger partial charge is 0.218 e. The van der Waals surface area contributed by atoms with E-state index in [1.807, 2.05) is 6.07 Å². The zero-order valence-electron chi connectivity index (χ0n) is 11.9. The Bertz CT molecular complexity index is 651. The van der Waals surface area contributed by atoms with Gasteiger partial charge in [0.25, 0.3) is 0 Å². The molecule has 1 aromatic carbocycles. The van der Waals surface area contributed by atoms with Gasteiger partial charge in [-0.1, -0.05) is 12.1 Å². The number of rotatable bonds is 4. The maximum Gasteiger partial charge on any atom is 0.218 e. The molecule has 5 nitrogen and oxygen atoms in total. The summed E-state index contributed by atoms with van der Waals surface area (Å²) in [5, 5.41) is 8.73. The number of hydrogen-bond acceptors (Lipinski definition) is 4. The summed E-state index contributed by atoms with van der Waals surface area (Å²) >= 11 is 0. The third-order valence-electron chi connectivity index (χ3n) is 3.85. The van der Waals surface area contributed by atoms with Crippen LogP contribution in [0.15, 0.2) is 24.3 Å². The summed E-state index contributed by atoms with van der Waals surface area (Å²) in [4.78, 5) is 11.3. The van der Waals surface area contributed by atoms with Crippen molar-refractivity contribution in [1.29, 1.82) is 5.26 Å². The van der Waals surface area contributed by atoms with Crippen molar-refractivity contribution in [3.05, 3.63) is 35.4 Å². The fourth-order valence-corrected chi connectivity index (χ4v) is 4.08. The number of nitrogens with zero attached hydrogens (tertiary/aromatic N) is 2. The lowest BCUT2D eigenvalue weighted by molar-refractivity contribution is -0.121. The molecule has 112 valence electrons. The third kappa shape index (κ3) is 3.90. The average Bonchev–Trinajstić information content (AvgIpc) is 2.48. The Morgan fingerprint density at radius 2 is 1.86 bits per heavy atom. The van der Waals surface area contributed by atoms with Crippen molar-refractivity contribution in [1.82, 2.24) is 4.31 Å². The van der Waals surface area contributed by atoms with Crippen LogP contribution in [0, 0.1) is 17.2 Å². The highest BCUT2D eigenvalue weighted by atomic mass is 32.2. The van der Waals surface area contributed by atoms with E-state index >= 15 is 0 Å². The molecule has 1 aliphatic heterocycles. The average molecular weight is 306 g/mol. The first kappa shape index (κ1) is 15.7. The molecular formula is C15H18N2O3S. The molecule has 0 spiro atoms. The molecule has 0 aliphatic carbocycles. The minimum absolute atomic E-state index is 0.00800. The summed E-state index contributed by atoms with van der Waals surface area (Å²) < 4.78 is 26.2. The summed E-state index contributed by atoms with van der Waals surface area (Å²) in [7, 11) is -3.37. The van der Waals surface area contributed by atoms with E-state index in [4.69, 9.17) is 5.26 Å². The van der Waals surface area contributed by atoms with Crippen molar-refractivity contribution in [2.45, 2.75) is 25.5 Å². The molecule has 0 atom stereocenters. The molecule has 1 heterocycles. The van der Waals surface area contributed by atoms with Gasteiger partial charge in [0, 0.05) is 19.0 Å². The van der Waals surface area contributed by atoms with Gasteiger partial charge in [-0.05, 0) is 37.5 Å². The molecule has 0 aromatic heterocycles. The molecule has 0 bridgehead atoms. The highest BCUT2D eigenvalue weighted by Gasteiger charge is 2.29. The Labute approximate surface area is 125 Å². The molecule has 6 heteroatoms. The van der Waals surface area contributed by atoms with Gasteiger partial charge in [-0.15, -0.1) is 0 Å². The summed E-state index contributed by atoms with van der Waals surface area (Å²) in [6, 6.07) is 8.57. The minimum Gasteiger partial charge on any atom is -0.300 e. The fraction of sp³-hybridized carbons (Fsp3) is 0.467. The number of benzene rings is 1. The summed E-state index contributed by atoms with van der Waals surface area (Å²) in [5.74, 6) is 0.0641. The predicted molar refractivity (Wildman–Crippen MR) is 78.8 cm³/mol. The Hall–Kier alpha value is -1.71. The van der Waals surface area contributed by atoms with E-state index in [9.17, 15) is 13.2 Å². The monoisotopic (exact) mass is 306 g/mol. The molecule has 1 saturated heterocycles. The molecule has 1 fully saturated rings. The first-order chi connectivity index (χ1) is 9.92. The van der Waals surface area contributed by atoms with Gasteiger partial charge in [0.05, 0.1) is 17.4 Å². The molecule has 0 saturated carbocycles. The van der Waals surface area contributed by atoms with E-state index in [-0.39, 0.29) is 17.5 Å². The Kier molecular flexibility index (Phi) is 4.76. The molecule has 2 rings (SSSR count). The van der Waals surface area contributed by atoms with Crippen LogP contribution in [-0.2, 0) is 20.6 Å². The van der Waals surface area contributed by atoms with Gasteiger partial charge in [0.2, 0.25) is 10.0 Å². The molecule has 0 unspecified atom stereocenters. The number of piperidine rings is 1. The highest BCUT2D eigenvalue weighted by Crippen LogP contribution is 2.22. The van der Waals surface area contributed by atoms with Crippen LogP contribution >= 0.6 is 0 Å². The SMILES string of the molecule is CC(=O)C1CCN(S(=O)(=O)Cc2ccc(C#N)cc2)CC1. The van der Waals surface area contributed by atoms with Crippen molar-refractivity contribution in [3.8, 4) is 6.07 Å². The topological polar surface area (TPSA) is 78.2 Å². The second kappa shape index (κ2) is 6.37. The number of carbonyl (C=O) groups is 1. The van der Waals surface area contributed by atoms with Crippen molar-refractivity contribution >= 4 is 15.8 Å². The van der Waals surface area contributed by atoms with Gasteiger partial charge in [-0.3, -0.25) is 4.79 Å². The quantitative estimate of drug-likeness (QED) is 0.848. The van der Waals surface area contributed by atoms with E-state index in [1.54, 1.807) is 31.2 Å². The van der Waals surface area contributed by atoms with Gasteiger partial charge in [0.15, 0.2) is 0 Å². The first-order valence-corrected chi connectivity index (χ1v) is 8.50. The molecule has 1 aliphatic rings. The van der Waals surface area contributed by atoms with Gasteiger partial charge in [-0.25, -0.2) is 12.7 Å². The lowest BCUT2D eigenvalue weighted by atomic mass is 9.95. The molecule has 0 N–H and O–H groups in total. The van der Waals surface area contributed by atoms with Gasteiger partial charge < -0.3 is 0 Å². The van der Waals surface area contributed by atoms with Crippen LogP contribution in [0.4, 0.5) is 0 Å². The van der Waals surface area contributed by atoms with Crippen LogP contribution in [0.3, 0.4) is 0 Å². The lowest BCUT2D eigenvalue weighted by Crippen LogP contribution is -2.40. The second-order valence-corrected chi connectivity index (χ2v) is 7.32. The van der Waals surface area contributed by atoms with Crippen LogP contribution in [0.25, 0.3) is 0 Å². The van der Waals surface area contributed by atoms with Crippen molar-refractivity contribution < 1.29 is 13.2 Å². The lowest BCUT2D eigenvalue weighted by Gasteiger charge is -2.30. The summed E-state index contributed by atoms with van der Waals surface area (Å²) in [6.45, 7) is 2.37. The Morgan fingerprint density at radius 3 is 2.33 bits per heavy atom. The van der Waals surface area contributed by atoms with Crippen molar-refractivity contribution in [2.75, 3.05) is 13.1 Å². The highest BCUT2D eigenvalue weighted by molar-refractivity contribution is 7.88. The van der Waals surface area contributed by atoms with Crippen LogP contribution < -0.4 is 0 Å². The van der Waals surface area contributed by atoms with E-state index in [2.05, 4.69) is 0 Å². The molecular weight excluding hydrogens is 288 g/mol.